The standard InChI is InChI=1S/C49H60N10O6/c1-2-3-23-38-58-46-47(35-20-13-14-21-36(35)57-49(46)50)59(38)28-16-15-26-51-39(60)24-25-40(61)53-31-42(63)55-32-43(64)54-30-41(62)52-27-17-22-37-48(65)44-33-18-11-9-7-5-4-6-8-10-12-19-34(29-33)45(44)56-37/h4-14,18-21,29,37,44-45,56H,2-3,15-17,22-28,30-32H2,1H3,(H2,50,57)(H,51,60)(H,52,62)(H,53,61)(H,54,64)(H,55,63). The van der Waals surface area contributed by atoms with Crippen molar-refractivity contribution in [1.82, 2.24) is 46.4 Å². The fourth-order valence-corrected chi connectivity index (χ4v) is 8.06. The number of nitrogens with zero attached hydrogens (tertiary/aromatic N) is 3. The number of anilines is 1. The Morgan fingerprint density at radius 3 is 1.92 bits per heavy atom. The number of ketones is 1. The molecule has 16 heteroatoms. The lowest BCUT2D eigenvalue weighted by Gasteiger charge is -2.12. The average molecular weight is 885 g/mol. The van der Waals surface area contributed by atoms with E-state index in [9.17, 15) is 28.8 Å². The Balaban J connectivity index is 0.806. The minimum absolute atomic E-state index is 0.0400. The lowest BCUT2D eigenvalue weighted by molar-refractivity contribution is -0.129. The molecule has 1 fully saturated rings. The van der Waals surface area contributed by atoms with Gasteiger partial charge in [0.05, 0.1) is 42.6 Å². The second-order valence-corrected chi connectivity index (χ2v) is 16.2. The number of rotatable bonds is 21. The fraction of sp³-hybridized carbons (Fsp3) is 0.388. The van der Waals surface area contributed by atoms with E-state index in [-0.39, 0.29) is 62.2 Å². The molecule has 5 amide bonds. The lowest BCUT2D eigenvalue weighted by Crippen LogP contribution is -2.44. The van der Waals surface area contributed by atoms with Crippen LogP contribution in [-0.2, 0) is 41.7 Å². The molecular weight excluding hydrogens is 825 g/mol. The maximum absolute atomic E-state index is 13.4. The van der Waals surface area contributed by atoms with E-state index >= 15 is 0 Å². The van der Waals surface area contributed by atoms with Gasteiger partial charge in [0.25, 0.3) is 0 Å². The summed E-state index contributed by atoms with van der Waals surface area (Å²) in [6.07, 6.45) is 5.33. The molecule has 6 rings (SSSR count). The summed E-state index contributed by atoms with van der Waals surface area (Å²) in [5, 5.41) is 17.4. The van der Waals surface area contributed by atoms with E-state index in [4.69, 9.17) is 10.7 Å². The number of nitrogen functional groups attached to an aromatic ring is 1. The molecule has 2 bridgehead atoms. The van der Waals surface area contributed by atoms with Gasteiger partial charge in [0.1, 0.15) is 11.3 Å². The third kappa shape index (κ3) is 13.5. The van der Waals surface area contributed by atoms with Crippen LogP contribution >= 0.6 is 0 Å². The number of hydrogen-bond acceptors (Lipinski definition) is 10. The number of benzene rings is 1. The number of pyridine rings is 1. The number of aromatic nitrogens is 3. The number of amides is 5. The molecule has 1 aliphatic heterocycles. The molecule has 1 saturated heterocycles. The number of nitrogens with two attached hydrogens (primary N) is 1. The van der Waals surface area contributed by atoms with Crippen molar-refractivity contribution < 1.29 is 28.8 Å². The molecule has 2 aromatic carbocycles. The van der Waals surface area contributed by atoms with Crippen molar-refractivity contribution in [3.05, 3.63) is 114 Å². The molecule has 2 aliphatic rings. The van der Waals surface area contributed by atoms with Crippen LogP contribution in [0.4, 0.5) is 5.82 Å². The maximum atomic E-state index is 13.4. The zero-order chi connectivity index (χ0) is 46.0. The summed E-state index contributed by atoms with van der Waals surface area (Å²) >= 11 is 0. The van der Waals surface area contributed by atoms with E-state index < -0.39 is 23.6 Å². The lowest BCUT2D eigenvalue weighted by atomic mass is 9.93. The number of unbranched alkanes of at least 4 members (excludes halogenated alkanes) is 2. The van der Waals surface area contributed by atoms with Gasteiger partial charge < -0.3 is 36.9 Å². The summed E-state index contributed by atoms with van der Waals surface area (Å²) < 4.78 is 2.23. The van der Waals surface area contributed by atoms with Gasteiger partial charge >= 0.3 is 0 Å². The van der Waals surface area contributed by atoms with Gasteiger partial charge in [0.15, 0.2) is 11.6 Å². The summed E-state index contributed by atoms with van der Waals surface area (Å²) in [7, 11) is 0. The van der Waals surface area contributed by atoms with Gasteiger partial charge in [-0.2, -0.15) is 0 Å². The van der Waals surface area contributed by atoms with E-state index in [0.717, 1.165) is 65.5 Å². The highest BCUT2D eigenvalue weighted by Gasteiger charge is 2.45. The first-order valence-electron chi connectivity index (χ1n) is 22.6. The van der Waals surface area contributed by atoms with Crippen molar-refractivity contribution in [1.29, 1.82) is 0 Å². The van der Waals surface area contributed by atoms with Gasteiger partial charge in [-0.25, -0.2) is 9.97 Å². The Morgan fingerprint density at radius 1 is 0.662 bits per heavy atom. The molecular formula is C49H60N10O6. The molecule has 3 atom stereocenters. The number of imidazole rings is 1. The highest BCUT2D eigenvalue weighted by atomic mass is 16.2. The van der Waals surface area contributed by atoms with Crippen LogP contribution in [-0.4, -0.2) is 88.6 Å². The summed E-state index contributed by atoms with van der Waals surface area (Å²) in [5.74, 6) is -1.08. The molecule has 0 radical (unpaired) electrons. The van der Waals surface area contributed by atoms with Crippen molar-refractivity contribution in [3.8, 4) is 0 Å². The molecule has 1 aliphatic carbocycles. The Morgan fingerprint density at radius 2 is 1.23 bits per heavy atom. The summed E-state index contributed by atoms with van der Waals surface area (Å²) in [4.78, 5) is 84.5. The normalized spacial score (nSPS) is 15.6. The van der Waals surface area contributed by atoms with Crippen LogP contribution in [0.5, 0.6) is 0 Å². The van der Waals surface area contributed by atoms with Crippen LogP contribution in [0.3, 0.4) is 0 Å². The number of fused-ring (bicyclic) bond motifs is 8. The fourth-order valence-electron chi connectivity index (χ4n) is 8.06. The van der Waals surface area contributed by atoms with Crippen LogP contribution in [0, 0.1) is 0 Å². The number of carbonyl (C=O) groups is 6. The van der Waals surface area contributed by atoms with Gasteiger partial charge in [-0.3, -0.25) is 34.1 Å². The number of nitrogens with one attached hydrogen (secondary N) is 6. The molecule has 8 N–H and O–H groups in total. The predicted octanol–water partition coefficient (Wildman–Crippen LogP) is 4.06. The highest BCUT2D eigenvalue weighted by Crippen LogP contribution is 2.43. The molecule has 0 saturated carbocycles. The number of aryl methyl sites for hydroxylation is 2. The summed E-state index contributed by atoms with van der Waals surface area (Å²) in [5.41, 5.74) is 10.8. The second kappa shape index (κ2) is 24.2. The van der Waals surface area contributed by atoms with E-state index in [1.54, 1.807) is 0 Å². The molecule has 2 aromatic heterocycles. The zero-order valence-electron chi connectivity index (χ0n) is 36.9. The zero-order valence-corrected chi connectivity index (χ0v) is 36.9. The van der Waals surface area contributed by atoms with Crippen molar-refractivity contribution in [2.45, 2.75) is 89.3 Å². The monoisotopic (exact) mass is 884 g/mol. The first kappa shape index (κ1) is 47.5. The highest BCUT2D eigenvalue weighted by molar-refractivity contribution is 6.06. The number of hydrogen-bond donors (Lipinski definition) is 7. The van der Waals surface area contributed by atoms with Gasteiger partial charge in [-0.15, -0.1) is 0 Å². The first-order chi connectivity index (χ1) is 31.6. The third-order valence-electron chi connectivity index (χ3n) is 11.4. The van der Waals surface area contributed by atoms with Gasteiger partial charge in [0, 0.05) is 50.3 Å². The van der Waals surface area contributed by atoms with E-state index in [2.05, 4.69) is 54.4 Å². The van der Waals surface area contributed by atoms with Crippen molar-refractivity contribution in [2.75, 3.05) is 38.5 Å². The van der Waals surface area contributed by atoms with Gasteiger partial charge in [-0.1, -0.05) is 104 Å². The van der Waals surface area contributed by atoms with Crippen LogP contribution in [0.1, 0.15) is 87.2 Å². The van der Waals surface area contributed by atoms with Crippen molar-refractivity contribution in [3.63, 3.8) is 0 Å². The van der Waals surface area contributed by atoms with Gasteiger partial charge in [0.2, 0.25) is 29.5 Å². The van der Waals surface area contributed by atoms with E-state index in [1.165, 1.54) is 0 Å². The smallest absolute Gasteiger partial charge is 0.239 e. The molecule has 0 spiro atoms. The van der Waals surface area contributed by atoms with E-state index in [0.29, 0.717) is 43.8 Å². The summed E-state index contributed by atoms with van der Waals surface area (Å²) in [6, 6.07) is 31.0. The van der Waals surface area contributed by atoms with Crippen LogP contribution in [0.2, 0.25) is 0 Å². The minimum atomic E-state index is -0.596. The summed E-state index contributed by atoms with van der Waals surface area (Å²) in [6.45, 7) is 2.57. The van der Waals surface area contributed by atoms with Gasteiger partial charge in [-0.05, 0) is 49.3 Å². The minimum Gasteiger partial charge on any atom is -0.382 e. The van der Waals surface area contributed by atoms with Crippen LogP contribution in [0.15, 0.2) is 97.1 Å². The molecule has 3 unspecified atom stereocenters. The largest absolute Gasteiger partial charge is 0.382 e. The molecule has 4 aromatic rings. The molecule has 16 nitrogen and oxygen atoms in total. The van der Waals surface area contributed by atoms with Crippen molar-refractivity contribution >= 4 is 63.1 Å². The van der Waals surface area contributed by atoms with Crippen LogP contribution in [0.25, 0.3) is 21.9 Å². The Bertz CT molecular complexity index is 2490. The second-order valence-electron chi connectivity index (χ2n) is 16.2. The molecule has 65 heavy (non-hydrogen) atoms. The SMILES string of the molecule is CCCCc1nc2c(N)nc3ccccc3c2n1CCCCNC(=O)CCC(=O)NCC(=O)NCC(=O)NCC(=O)NCCCC1NC2c3cccccccccccc(c3)C2C1=O. The molecule has 342 valence electrons. The Kier molecular flexibility index (Phi) is 17.7. The topological polar surface area (TPSA) is 231 Å². The number of carbonyl (C=O) groups excluding carboxylic acids is 6. The number of para-hydroxylation sites is 1. The van der Waals surface area contributed by atoms with Crippen molar-refractivity contribution in [2.24, 2.45) is 0 Å². The van der Waals surface area contributed by atoms with Crippen LogP contribution < -0.4 is 37.6 Å². The maximum Gasteiger partial charge on any atom is 0.239 e. The quantitative estimate of drug-likeness (QED) is 0.0594. The number of Topliss-reactive ketones (excluding diaryl/α,β-unsaturated/α-hetero) is 1. The first-order valence-corrected chi connectivity index (χ1v) is 22.6. The predicted molar refractivity (Wildman–Crippen MR) is 250 cm³/mol. The Labute approximate surface area is 379 Å². The average Bonchev–Trinajstić information content (AvgIpc) is 3.96. The molecule has 3 heterocycles. The van der Waals surface area contributed by atoms with E-state index in [1.807, 2.05) is 91.0 Å². The third-order valence-corrected chi connectivity index (χ3v) is 11.4. The Hall–Kier alpha value is -6.94.